The van der Waals surface area contributed by atoms with Gasteiger partial charge in [-0.05, 0) is 56.5 Å². The van der Waals surface area contributed by atoms with Crippen molar-refractivity contribution in [2.45, 2.75) is 25.8 Å². The summed E-state index contributed by atoms with van der Waals surface area (Å²) in [5.74, 6) is 0. The van der Waals surface area contributed by atoms with E-state index in [1.807, 2.05) is 0 Å². The average Bonchev–Trinajstić information content (AvgIpc) is 3.21. The number of aromatic nitrogens is 1. The van der Waals surface area contributed by atoms with Crippen molar-refractivity contribution in [3.63, 3.8) is 0 Å². The summed E-state index contributed by atoms with van der Waals surface area (Å²) in [7, 11) is 1.21. The van der Waals surface area contributed by atoms with Gasteiger partial charge in [-0.25, -0.2) is 4.79 Å². The Kier molecular flexibility index (Phi) is 2.34. The summed E-state index contributed by atoms with van der Waals surface area (Å²) in [6, 6.07) is -0.299. The van der Waals surface area contributed by atoms with Crippen molar-refractivity contribution in [3.8, 4) is 0 Å². The molecule has 2 aromatic rings. The summed E-state index contributed by atoms with van der Waals surface area (Å²) < 4.78 is 60.5. The third-order valence-corrected chi connectivity index (χ3v) is 3.82. The van der Waals surface area contributed by atoms with E-state index in [2.05, 4.69) is 10.3 Å². The number of rotatable bonds is 5. The topological polar surface area (TPSA) is 57.4 Å². The van der Waals surface area contributed by atoms with Gasteiger partial charge in [0, 0.05) is 30.5 Å². The zero-order chi connectivity index (χ0) is 21.7. The molecule has 0 radical (unpaired) electrons. The van der Waals surface area contributed by atoms with Gasteiger partial charge in [0.2, 0.25) is 0 Å². The van der Waals surface area contributed by atoms with E-state index in [0.717, 1.165) is 0 Å². The lowest BCUT2D eigenvalue weighted by molar-refractivity contribution is 0.177. The minimum Gasteiger partial charge on any atom is -0.447 e. The zero-order valence-electron chi connectivity index (χ0n) is 19.5. The molecule has 0 bridgehead atoms. The Morgan fingerprint density at radius 1 is 1.55 bits per heavy atom. The van der Waals surface area contributed by atoms with E-state index in [9.17, 15) is 4.79 Å². The molecule has 1 aromatic carbocycles. The van der Waals surface area contributed by atoms with Crippen molar-refractivity contribution in [1.29, 1.82) is 0 Å². The number of amides is 1. The number of aryl methyl sites for hydroxylation is 2. The molecule has 5 nitrogen and oxygen atoms in total. The highest BCUT2D eigenvalue weighted by molar-refractivity contribution is 5.87. The van der Waals surface area contributed by atoms with E-state index in [1.165, 1.54) is 7.05 Å². The zero-order valence-corrected chi connectivity index (χ0v) is 12.5. The number of hydrogen-bond acceptors (Lipinski definition) is 3. The standard InChI is InChI=1S/C17H23N3O2/c1-11-12(8-14-10-22-17(21)19-14)4-5-15-16(11)13(9-18-15)6-7-20(2)3/h4-5,9,14,18H,6-8,10H2,1-3H3,(H,19,21)/t14-/m0/s1/i2D3,4D,5D,7D2. The van der Waals surface area contributed by atoms with Gasteiger partial charge in [-0.1, -0.05) is 6.04 Å². The lowest BCUT2D eigenvalue weighted by Gasteiger charge is -2.13. The molecule has 22 heavy (non-hydrogen) atoms. The van der Waals surface area contributed by atoms with Crippen LogP contribution in [0, 0.1) is 6.92 Å². The van der Waals surface area contributed by atoms with Gasteiger partial charge in [-0.2, -0.15) is 0 Å². The fourth-order valence-electron chi connectivity index (χ4n) is 2.70. The van der Waals surface area contributed by atoms with Gasteiger partial charge in [0.1, 0.15) is 6.61 Å². The van der Waals surface area contributed by atoms with Gasteiger partial charge in [-0.3, -0.25) is 0 Å². The number of ether oxygens (including phenoxy) is 1. The predicted octanol–water partition coefficient (Wildman–Crippen LogP) is 2.23. The molecule has 1 aliphatic rings. The Morgan fingerprint density at radius 3 is 3.14 bits per heavy atom. The Morgan fingerprint density at radius 2 is 2.41 bits per heavy atom. The molecule has 2 heterocycles. The highest BCUT2D eigenvalue weighted by atomic mass is 16.6. The predicted molar refractivity (Wildman–Crippen MR) is 87.3 cm³/mol. The van der Waals surface area contributed by atoms with Gasteiger partial charge in [0.05, 0.1) is 8.78 Å². The van der Waals surface area contributed by atoms with Gasteiger partial charge in [0.25, 0.3) is 0 Å². The Labute approximate surface area is 140 Å². The van der Waals surface area contributed by atoms with Crippen molar-refractivity contribution in [1.82, 2.24) is 15.2 Å². The third kappa shape index (κ3) is 2.95. The molecule has 5 heteroatoms. The third-order valence-electron chi connectivity index (χ3n) is 3.82. The first-order valence-electron chi connectivity index (χ1n) is 10.6. The second kappa shape index (κ2) is 6.01. The molecular weight excluding hydrogens is 278 g/mol. The summed E-state index contributed by atoms with van der Waals surface area (Å²) in [6.07, 6.45) is 1.15. The second-order valence-corrected chi connectivity index (χ2v) is 5.46. The van der Waals surface area contributed by atoms with E-state index >= 15 is 0 Å². The molecule has 3 rings (SSSR count). The van der Waals surface area contributed by atoms with E-state index < -0.39 is 19.6 Å². The first kappa shape index (κ1) is 8.58. The smallest absolute Gasteiger partial charge is 0.407 e. The Bertz CT molecular complexity index is 955. The number of H-pyrrole nitrogens is 1. The number of benzene rings is 1. The quantitative estimate of drug-likeness (QED) is 0.890. The van der Waals surface area contributed by atoms with Gasteiger partial charge in [0.15, 0.2) is 0 Å². The number of cyclic esters (lactones) is 1. The molecule has 0 aliphatic carbocycles. The van der Waals surface area contributed by atoms with Crippen molar-refractivity contribution >= 4 is 17.0 Å². The minimum absolute atomic E-state index is 0.0261. The molecule has 2 N–H and O–H groups in total. The van der Waals surface area contributed by atoms with Crippen LogP contribution >= 0.6 is 0 Å². The number of nitrogens with zero attached hydrogens (tertiary/aromatic N) is 1. The molecule has 1 saturated heterocycles. The first-order valence-corrected chi connectivity index (χ1v) is 7.08. The van der Waals surface area contributed by atoms with Crippen molar-refractivity contribution in [2.24, 2.45) is 0 Å². The van der Waals surface area contributed by atoms with Crippen molar-refractivity contribution in [2.75, 3.05) is 27.1 Å². The van der Waals surface area contributed by atoms with Crippen LogP contribution in [0.2, 0.25) is 0 Å². The van der Waals surface area contributed by atoms with Gasteiger partial charge in [-0.15, -0.1) is 0 Å². The molecule has 1 aliphatic heterocycles. The van der Waals surface area contributed by atoms with Gasteiger partial charge >= 0.3 is 6.09 Å². The fraction of sp³-hybridized carbons (Fsp3) is 0.471. The molecule has 0 spiro atoms. The monoisotopic (exact) mass is 308 g/mol. The number of likely N-dealkylation sites (N-methyl/N-ethyl adjacent to an activating group) is 1. The normalized spacial score (nSPS) is 23.9. The van der Waals surface area contributed by atoms with Gasteiger partial charge < -0.3 is 19.9 Å². The van der Waals surface area contributed by atoms with Crippen LogP contribution < -0.4 is 5.32 Å². The molecular formula is C17H23N3O2. The number of carbonyl (C=O) groups is 1. The average molecular weight is 308 g/mol. The number of carbonyl (C=O) groups excluding carboxylic acids is 1. The van der Waals surface area contributed by atoms with Crippen LogP contribution in [0.1, 0.15) is 26.3 Å². The highest BCUT2D eigenvalue weighted by Gasteiger charge is 2.23. The van der Waals surface area contributed by atoms with Crippen LogP contribution in [0.4, 0.5) is 4.79 Å². The second-order valence-electron chi connectivity index (χ2n) is 5.46. The van der Waals surface area contributed by atoms with E-state index in [4.69, 9.17) is 14.3 Å². The van der Waals surface area contributed by atoms with Crippen LogP contribution in [0.3, 0.4) is 0 Å². The summed E-state index contributed by atoms with van der Waals surface area (Å²) in [4.78, 5) is 14.9. The number of nitrogens with one attached hydrogen (secondary N) is 2. The first-order chi connectivity index (χ1) is 13.3. The maximum atomic E-state index is 11.3. The molecule has 0 saturated carbocycles. The van der Waals surface area contributed by atoms with E-state index in [1.54, 1.807) is 13.1 Å². The maximum Gasteiger partial charge on any atom is 0.407 e. The van der Waals surface area contributed by atoms with Crippen LogP contribution in [0.15, 0.2) is 18.3 Å². The summed E-state index contributed by atoms with van der Waals surface area (Å²) in [5.41, 5.74) is 2.21. The van der Waals surface area contributed by atoms with Crippen LogP contribution in [0.25, 0.3) is 10.9 Å². The minimum atomic E-state index is -2.59. The van der Waals surface area contributed by atoms with Crippen molar-refractivity contribution < 1.29 is 19.1 Å². The molecule has 1 fully saturated rings. The maximum absolute atomic E-state index is 11.3. The Hall–Kier alpha value is -2.01. The number of hydrogen-bond donors (Lipinski definition) is 2. The van der Waals surface area contributed by atoms with Crippen molar-refractivity contribution in [3.05, 3.63) is 35.0 Å². The lowest BCUT2D eigenvalue weighted by atomic mass is 9.96. The molecule has 1 amide bonds. The number of alkyl carbamates (subject to hydrolysis) is 1. The largest absolute Gasteiger partial charge is 0.447 e. The summed E-state index contributed by atoms with van der Waals surface area (Å²) in [5, 5.41) is 3.27. The lowest BCUT2D eigenvalue weighted by Crippen LogP contribution is -2.28. The van der Waals surface area contributed by atoms with Crippen LogP contribution in [-0.2, 0) is 17.6 Å². The van der Waals surface area contributed by atoms with E-state index in [-0.39, 0.29) is 31.2 Å². The molecule has 1 atom stereocenters. The van der Waals surface area contributed by atoms with Crippen LogP contribution in [-0.4, -0.2) is 49.1 Å². The molecule has 0 unspecified atom stereocenters. The van der Waals surface area contributed by atoms with E-state index in [0.29, 0.717) is 38.9 Å². The Balaban J connectivity index is 2.03. The summed E-state index contributed by atoms with van der Waals surface area (Å²) in [6.45, 7) is -2.78. The highest BCUT2D eigenvalue weighted by Crippen LogP contribution is 2.26. The molecule has 1 aromatic heterocycles. The molecule has 118 valence electrons. The van der Waals surface area contributed by atoms with Crippen LogP contribution in [0.5, 0.6) is 0 Å². The number of fused-ring (bicyclic) bond motifs is 1. The summed E-state index contributed by atoms with van der Waals surface area (Å²) >= 11 is 0. The number of aromatic amines is 1. The fourth-order valence-corrected chi connectivity index (χ4v) is 2.70. The SMILES string of the molecule is [2H]c1c(C[C@H]2COC(=O)N2)c(C)c2c(CC([2H])([2H])N(C)C([2H])([2H])[2H])c[nH]c2c1[2H].